The minimum Gasteiger partial charge on any atom is -0.342 e. The largest absolute Gasteiger partial charge is 0.342 e. The van der Waals surface area contributed by atoms with Gasteiger partial charge in [-0.25, -0.2) is 8.42 Å². The molecule has 5 rings (SSSR count). The molecule has 2 unspecified atom stereocenters. The van der Waals surface area contributed by atoms with Crippen LogP contribution in [0.1, 0.15) is 55.0 Å². The standard InChI is InChI=1S/C27H33N5O3S/c1-20-28-29-21(2)32(20)24-15-17-30(18-16-24)27(33)23-13-14-26(22-9-5-3-6-10-22)31(19-23)36(34,35)25-11-7-4-8-12-25/h3-12,23-24,26H,13-19H2,1-2H3. The van der Waals surface area contributed by atoms with Gasteiger partial charge in [0, 0.05) is 25.7 Å². The van der Waals surface area contributed by atoms with E-state index in [4.69, 9.17) is 0 Å². The van der Waals surface area contributed by atoms with Crippen LogP contribution in [0.4, 0.5) is 0 Å². The fourth-order valence-electron chi connectivity index (χ4n) is 5.75. The number of carbonyl (C=O) groups excluding carboxylic acids is 1. The molecule has 0 aliphatic carbocycles. The molecule has 2 aromatic carbocycles. The van der Waals surface area contributed by atoms with E-state index in [1.54, 1.807) is 28.6 Å². The minimum absolute atomic E-state index is 0.0606. The maximum absolute atomic E-state index is 13.7. The molecule has 3 heterocycles. The highest BCUT2D eigenvalue weighted by atomic mass is 32.2. The van der Waals surface area contributed by atoms with E-state index < -0.39 is 10.0 Å². The van der Waals surface area contributed by atoms with Crippen molar-refractivity contribution in [3.63, 3.8) is 0 Å². The number of benzene rings is 2. The second-order valence-electron chi connectivity index (χ2n) is 9.81. The Balaban J connectivity index is 1.34. The number of aromatic nitrogens is 3. The Morgan fingerprint density at radius 2 is 1.42 bits per heavy atom. The number of sulfonamides is 1. The molecule has 3 aromatic rings. The number of rotatable bonds is 5. The molecule has 0 spiro atoms. The first kappa shape index (κ1) is 24.6. The molecular weight excluding hydrogens is 474 g/mol. The maximum atomic E-state index is 13.7. The van der Waals surface area contributed by atoms with Gasteiger partial charge in [0.25, 0.3) is 0 Å². The SMILES string of the molecule is Cc1nnc(C)n1C1CCN(C(=O)C2CCC(c3ccccc3)N(S(=O)(=O)c3ccccc3)C2)CC1. The average Bonchev–Trinajstić information content (AvgIpc) is 3.26. The summed E-state index contributed by atoms with van der Waals surface area (Å²) in [4.78, 5) is 15.8. The number of hydrogen-bond donors (Lipinski definition) is 0. The summed E-state index contributed by atoms with van der Waals surface area (Å²) in [5.74, 6) is 1.51. The van der Waals surface area contributed by atoms with E-state index in [2.05, 4.69) is 14.8 Å². The molecule has 1 amide bonds. The van der Waals surface area contributed by atoms with Gasteiger partial charge >= 0.3 is 0 Å². The van der Waals surface area contributed by atoms with Crippen molar-refractivity contribution in [2.45, 2.75) is 56.5 Å². The minimum atomic E-state index is -3.76. The Morgan fingerprint density at radius 1 is 0.833 bits per heavy atom. The smallest absolute Gasteiger partial charge is 0.243 e. The van der Waals surface area contributed by atoms with Crippen molar-refractivity contribution in [1.82, 2.24) is 24.0 Å². The summed E-state index contributed by atoms with van der Waals surface area (Å²) in [6, 6.07) is 18.3. The molecule has 1 aromatic heterocycles. The topological polar surface area (TPSA) is 88.4 Å². The number of hydrogen-bond acceptors (Lipinski definition) is 5. The lowest BCUT2D eigenvalue weighted by Gasteiger charge is -2.41. The van der Waals surface area contributed by atoms with Crippen LogP contribution in [0, 0.1) is 19.8 Å². The molecule has 2 fully saturated rings. The number of nitrogens with zero attached hydrogens (tertiary/aromatic N) is 5. The molecule has 0 radical (unpaired) electrons. The van der Waals surface area contributed by atoms with Crippen LogP contribution in [0.3, 0.4) is 0 Å². The van der Waals surface area contributed by atoms with Crippen LogP contribution in [-0.4, -0.2) is 57.9 Å². The highest BCUT2D eigenvalue weighted by molar-refractivity contribution is 7.89. The zero-order valence-corrected chi connectivity index (χ0v) is 21.6. The molecule has 2 saturated heterocycles. The van der Waals surface area contributed by atoms with Gasteiger partial charge in [-0.3, -0.25) is 4.79 Å². The summed E-state index contributed by atoms with van der Waals surface area (Å²) in [5, 5.41) is 8.35. The Labute approximate surface area is 213 Å². The van der Waals surface area contributed by atoms with Gasteiger partial charge in [0.15, 0.2) is 0 Å². The van der Waals surface area contributed by atoms with E-state index in [9.17, 15) is 13.2 Å². The third-order valence-corrected chi connectivity index (χ3v) is 9.49. The lowest BCUT2D eigenvalue weighted by molar-refractivity contribution is -0.138. The first-order valence-corrected chi connectivity index (χ1v) is 14.1. The van der Waals surface area contributed by atoms with E-state index in [0.29, 0.717) is 25.9 Å². The summed E-state index contributed by atoms with van der Waals surface area (Å²) >= 11 is 0. The maximum Gasteiger partial charge on any atom is 0.243 e. The van der Waals surface area contributed by atoms with E-state index in [0.717, 1.165) is 30.1 Å². The number of likely N-dealkylation sites (tertiary alicyclic amines) is 1. The van der Waals surface area contributed by atoms with E-state index >= 15 is 0 Å². The summed E-state index contributed by atoms with van der Waals surface area (Å²) in [6.07, 6.45) is 2.97. The van der Waals surface area contributed by atoms with Crippen LogP contribution in [0.2, 0.25) is 0 Å². The van der Waals surface area contributed by atoms with Gasteiger partial charge in [-0.1, -0.05) is 48.5 Å². The molecule has 0 N–H and O–H groups in total. The van der Waals surface area contributed by atoms with Gasteiger partial charge in [0.05, 0.1) is 16.9 Å². The summed E-state index contributed by atoms with van der Waals surface area (Å²) in [5.41, 5.74) is 0.961. The van der Waals surface area contributed by atoms with Gasteiger partial charge in [-0.2, -0.15) is 4.31 Å². The Kier molecular flexibility index (Phi) is 6.94. The predicted octanol–water partition coefficient (Wildman–Crippen LogP) is 3.90. The monoisotopic (exact) mass is 507 g/mol. The van der Waals surface area contributed by atoms with Crippen LogP contribution in [0.25, 0.3) is 0 Å². The third-order valence-electron chi connectivity index (χ3n) is 7.60. The van der Waals surface area contributed by atoms with E-state index in [1.165, 1.54) is 0 Å². The molecule has 2 aliphatic heterocycles. The number of aryl methyl sites for hydroxylation is 2. The molecule has 9 heteroatoms. The first-order valence-electron chi connectivity index (χ1n) is 12.6. The Bertz CT molecular complexity index is 1280. The van der Waals surface area contributed by atoms with E-state index in [1.807, 2.05) is 55.1 Å². The second kappa shape index (κ2) is 10.1. The zero-order valence-electron chi connectivity index (χ0n) is 20.8. The second-order valence-corrected chi connectivity index (χ2v) is 11.7. The van der Waals surface area contributed by atoms with Crippen LogP contribution in [0.15, 0.2) is 65.6 Å². The number of piperidine rings is 2. The number of amides is 1. The van der Waals surface area contributed by atoms with Gasteiger partial charge in [0.2, 0.25) is 15.9 Å². The molecule has 36 heavy (non-hydrogen) atoms. The third kappa shape index (κ3) is 4.69. The van der Waals surface area contributed by atoms with Crippen molar-refractivity contribution in [2.75, 3.05) is 19.6 Å². The molecule has 0 saturated carbocycles. The zero-order chi connectivity index (χ0) is 25.3. The molecule has 2 aliphatic rings. The van der Waals surface area contributed by atoms with E-state index in [-0.39, 0.29) is 35.3 Å². The van der Waals surface area contributed by atoms with Crippen molar-refractivity contribution in [2.24, 2.45) is 5.92 Å². The molecule has 190 valence electrons. The molecule has 2 atom stereocenters. The number of carbonyl (C=O) groups is 1. The van der Waals surface area contributed by atoms with Crippen molar-refractivity contribution in [3.8, 4) is 0 Å². The molecule has 8 nitrogen and oxygen atoms in total. The van der Waals surface area contributed by atoms with Crippen LogP contribution in [-0.2, 0) is 14.8 Å². The lowest BCUT2D eigenvalue weighted by Crippen LogP contribution is -2.49. The van der Waals surface area contributed by atoms with Crippen LogP contribution >= 0.6 is 0 Å². The average molecular weight is 508 g/mol. The predicted molar refractivity (Wildman–Crippen MR) is 137 cm³/mol. The first-order chi connectivity index (χ1) is 17.4. The van der Waals surface area contributed by atoms with Crippen molar-refractivity contribution in [3.05, 3.63) is 77.9 Å². The van der Waals surface area contributed by atoms with Gasteiger partial charge in [-0.15, -0.1) is 10.2 Å². The van der Waals surface area contributed by atoms with Crippen molar-refractivity contribution in [1.29, 1.82) is 0 Å². The highest BCUT2D eigenvalue weighted by Gasteiger charge is 2.41. The quantitative estimate of drug-likeness (QED) is 0.523. The highest BCUT2D eigenvalue weighted by Crippen LogP contribution is 2.38. The molecular formula is C27H33N5O3S. The summed E-state index contributed by atoms with van der Waals surface area (Å²) in [6.45, 7) is 5.43. The normalized spacial score (nSPS) is 22.0. The van der Waals surface area contributed by atoms with Gasteiger partial charge in [0.1, 0.15) is 11.6 Å². The fraction of sp³-hybridized carbons (Fsp3) is 0.444. The van der Waals surface area contributed by atoms with Crippen molar-refractivity contribution >= 4 is 15.9 Å². The lowest BCUT2D eigenvalue weighted by atomic mass is 9.89. The van der Waals surface area contributed by atoms with Gasteiger partial charge in [-0.05, 0) is 57.2 Å². The van der Waals surface area contributed by atoms with Gasteiger partial charge < -0.3 is 9.47 Å². The van der Waals surface area contributed by atoms with Crippen LogP contribution < -0.4 is 0 Å². The molecule has 0 bridgehead atoms. The summed E-state index contributed by atoms with van der Waals surface area (Å²) in [7, 11) is -3.76. The summed E-state index contributed by atoms with van der Waals surface area (Å²) < 4.78 is 31.2. The Hall–Kier alpha value is -3.04. The Morgan fingerprint density at radius 3 is 2.03 bits per heavy atom. The van der Waals surface area contributed by atoms with Crippen LogP contribution in [0.5, 0.6) is 0 Å². The fourth-order valence-corrected chi connectivity index (χ4v) is 7.46. The van der Waals surface area contributed by atoms with Crippen molar-refractivity contribution < 1.29 is 13.2 Å².